The smallest absolute Gasteiger partial charge is 0.272 e. The van der Waals surface area contributed by atoms with E-state index in [1.165, 1.54) is 12.1 Å². The number of carbonyl (C=O) groups excluding carboxylic acids is 1. The molecule has 160 valence electrons. The predicted octanol–water partition coefficient (Wildman–Crippen LogP) is 3.83. The van der Waals surface area contributed by atoms with Gasteiger partial charge in [-0.15, -0.1) is 0 Å². The lowest BCUT2D eigenvalue weighted by Gasteiger charge is -2.38. The summed E-state index contributed by atoms with van der Waals surface area (Å²) in [5.74, 6) is -0.496. The molecule has 5 rings (SSSR count). The van der Waals surface area contributed by atoms with Crippen molar-refractivity contribution in [2.45, 2.75) is 47.9 Å². The van der Waals surface area contributed by atoms with Crippen molar-refractivity contribution in [2.75, 3.05) is 0 Å². The second-order valence-corrected chi connectivity index (χ2v) is 10.5. The third-order valence-corrected chi connectivity index (χ3v) is 8.57. The Bertz CT molecular complexity index is 1190. The Morgan fingerprint density at radius 2 is 1.65 bits per heavy atom. The first kappa shape index (κ1) is 19.9. The van der Waals surface area contributed by atoms with Crippen LogP contribution in [0.3, 0.4) is 0 Å². The van der Waals surface area contributed by atoms with Gasteiger partial charge in [-0.3, -0.25) is 9.89 Å². The lowest BCUT2D eigenvalue weighted by atomic mass is 10.0. The first-order chi connectivity index (χ1) is 14.9. The van der Waals surface area contributed by atoms with Gasteiger partial charge in [0, 0.05) is 17.6 Å². The predicted molar refractivity (Wildman–Crippen MR) is 114 cm³/mol. The van der Waals surface area contributed by atoms with Crippen molar-refractivity contribution in [1.29, 1.82) is 0 Å². The summed E-state index contributed by atoms with van der Waals surface area (Å²) in [5, 5.41) is 6.53. The highest BCUT2D eigenvalue weighted by Gasteiger charge is 2.47. The number of benzene rings is 2. The number of carbonyl (C=O) groups is 1. The van der Waals surface area contributed by atoms with E-state index in [4.69, 9.17) is 0 Å². The molecule has 3 heterocycles. The first-order valence-corrected chi connectivity index (χ1v) is 11.9. The molecule has 2 saturated heterocycles. The number of sulfone groups is 1. The molecule has 2 aliphatic rings. The Balaban J connectivity index is 1.35. The molecule has 0 radical (unpaired) electrons. The number of amides is 1. The van der Waals surface area contributed by atoms with Gasteiger partial charge >= 0.3 is 0 Å². The third kappa shape index (κ3) is 3.54. The highest BCUT2D eigenvalue weighted by atomic mass is 32.2. The average molecular weight is 440 g/mol. The number of aromatic nitrogens is 2. The zero-order chi connectivity index (χ0) is 21.6. The van der Waals surface area contributed by atoms with Gasteiger partial charge in [-0.25, -0.2) is 12.8 Å². The molecule has 3 aromatic rings. The maximum Gasteiger partial charge on any atom is 0.272 e. The Labute approximate surface area is 180 Å². The fourth-order valence-electron chi connectivity index (χ4n) is 4.85. The van der Waals surface area contributed by atoms with Crippen molar-refractivity contribution in [1.82, 2.24) is 15.1 Å². The van der Waals surface area contributed by atoms with E-state index in [9.17, 15) is 17.6 Å². The van der Waals surface area contributed by atoms with Crippen molar-refractivity contribution in [3.63, 3.8) is 0 Å². The quantitative estimate of drug-likeness (QED) is 0.670. The number of nitrogens with one attached hydrogen (secondary N) is 1. The standard InChI is InChI=1S/C23H22FN3O3S/c24-16-8-6-15(7-9-16)21-14-22(26-25-21)23(28)27-17-10-11-18(27)13-20(12-17)31(29,30)19-4-2-1-3-5-19/h1-9,14,17-18,20H,10-13H2,(H,25,26). The molecule has 6 nitrogen and oxygen atoms in total. The number of hydrogen-bond donors (Lipinski definition) is 1. The Hall–Kier alpha value is -3.00. The van der Waals surface area contributed by atoms with E-state index < -0.39 is 15.1 Å². The minimum atomic E-state index is -3.43. The summed E-state index contributed by atoms with van der Waals surface area (Å²) in [7, 11) is -3.43. The van der Waals surface area contributed by atoms with Crippen LogP contribution in [0.15, 0.2) is 65.6 Å². The lowest BCUT2D eigenvalue weighted by molar-refractivity contribution is 0.0592. The van der Waals surface area contributed by atoms with Gasteiger partial charge < -0.3 is 4.90 Å². The minimum absolute atomic E-state index is 0.104. The number of H-pyrrole nitrogens is 1. The average Bonchev–Trinajstić information content (AvgIpc) is 3.37. The second-order valence-electron chi connectivity index (χ2n) is 8.22. The number of rotatable bonds is 4. The van der Waals surface area contributed by atoms with E-state index in [0.717, 1.165) is 12.8 Å². The van der Waals surface area contributed by atoms with Crippen molar-refractivity contribution in [3.05, 3.63) is 72.2 Å². The molecule has 2 fully saturated rings. The Kier molecular flexibility index (Phi) is 4.89. The van der Waals surface area contributed by atoms with Crippen molar-refractivity contribution < 1.29 is 17.6 Å². The molecular weight excluding hydrogens is 417 g/mol. The zero-order valence-electron chi connectivity index (χ0n) is 16.7. The SMILES string of the molecule is O=C(c1cc(-c2ccc(F)cc2)n[nH]1)N1C2CCC1CC(S(=O)(=O)c1ccccc1)C2. The van der Waals surface area contributed by atoms with Crippen LogP contribution < -0.4 is 0 Å². The molecule has 0 saturated carbocycles. The molecule has 0 aliphatic carbocycles. The number of aromatic amines is 1. The van der Waals surface area contributed by atoms with Crippen LogP contribution in [0.5, 0.6) is 0 Å². The van der Waals surface area contributed by atoms with Gasteiger partial charge in [0.25, 0.3) is 5.91 Å². The lowest BCUT2D eigenvalue weighted by Crippen LogP contribution is -2.49. The van der Waals surface area contributed by atoms with Crippen molar-refractivity contribution in [2.24, 2.45) is 0 Å². The molecule has 2 bridgehead atoms. The van der Waals surface area contributed by atoms with Crippen LogP contribution in [0.4, 0.5) is 4.39 Å². The van der Waals surface area contributed by atoms with Gasteiger partial charge in [-0.05, 0) is 68.1 Å². The number of nitrogens with zero attached hydrogens (tertiary/aromatic N) is 2. The molecule has 31 heavy (non-hydrogen) atoms. The van der Waals surface area contributed by atoms with Crippen molar-refractivity contribution >= 4 is 15.7 Å². The second kappa shape index (κ2) is 7.60. The van der Waals surface area contributed by atoms with Crippen LogP contribution in [0.25, 0.3) is 11.3 Å². The van der Waals surface area contributed by atoms with Crippen molar-refractivity contribution in [3.8, 4) is 11.3 Å². The summed E-state index contributed by atoms with van der Waals surface area (Å²) in [4.78, 5) is 15.4. The van der Waals surface area contributed by atoms with E-state index in [2.05, 4.69) is 10.2 Å². The van der Waals surface area contributed by atoms with Crippen LogP contribution in [0.1, 0.15) is 36.2 Å². The van der Waals surface area contributed by atoms with Gasteiger partial charge in [0.15, 0.2) is 9.84 Å². The highest BCUT2D eigenvalue weighted by molar-refractivity contribution is 7.92. The van der Waals surface area contributed by atoms with Crippen LogP contribution in [-0.4, -0.2) is 46.8 Å². The van der Waals surface area contributed by atoms with E-state index in [-0.39, 0.29) is 23.8 Å². The van der Waals surface area contributed by atoms with Gasteiger partial charge in [0.2, 0.25) is 0 Å². The summed E-state index contributed by atoms with van der Waals surface area (Å²) in [6.07, 6.45) is 2.49. The Morgan fingerprint density at radius 1 is 1.00 bits per heavy atom. The van der Waals surface area contributed by atoms with Gasteiger partial charge in [0.1, 0.15) is 11.5 Å². The molecule has 0 spiro atoms. The summed E-state index contributed by atoms with van der Waals surface area (Å²) >= 11 is 0. The van der Waals surface area contributed by atoms with Crippen LogP contribution >= 0.6 is 0 Å². The van der Waals surface area contributed by atoms with Crippen LogP contribution in [0.2, 0.25) is 0 Å². The monoisotopic (exact) mass is 439 g/mol. The number of halogens is 1. The normalized spacial score (nSPS) is 23.1. The van der Waals surface area contributed by atoms with Gasteiger partial charge in [0.05, 0.1) is 15.8 Å². The molecule has 1 aromatic heterocycles. The minimum Gasteiger partial charge on any atom is -0.331 e. The number of hydrogen-bond acceptors (Lipinski definition) is 4. The van der Waals surface area contributed by atoms with Gasteiger partial charge in [-0.1, -0.05) is 18.2 Å². The number of fused-ring (bicyclic) bond motifs is 2. The summed E-state index contributed by atoms with van der Waals surface area (Å²) < 4.78 is 39.3. The van der Waals surface area contributed by atoms with Crippen LogP contribution in [-0.2, 0) is 9.84 Å². The Morgan fingerprint density at radius 3 is 2.29 bits per heavy atom. The maximum absolute atomic E-state index is 13.2. The largest absolute Gasteiger partial charge is 0.331 e. The van der Waals surface area contributed by atoms with E-state index in [0.29, 0.717) is 34.7 Å². The third-order valence-electron chi connectivity index (χ3n) is 6.38. The van der Waals surface area contributed by atoms with Crippen LogP contribution in [0, 0.1) is 5.82 Å². The molecule has 1 amide bonds. The van der Waals surface area contributed by atoms with E-state index >= 15 is 0 Å². The molecule has 1 N–H and O–H groups in total. The molecule has 2 aliphatic heterocycles. The fourth-order valence-corrected chi connectivity index (χ4v) is 6.73. The zero-order valence-corrected chi connectivity index (χ0v) is 17.6. The highest BCUT2D eigenvalue weighted by Crippen LogP contribution is 2.40. The molecular formula is C23H22FN3O3S. The molecule has 2 atom stereocenters. The summed E-state index contributed by atoms with van der Waals surface area (Å²) in [6, 6.07) is 15.9. The first-order valence-electron chi connectivity index (χ1n) is 10.4. The molecule has 2 aromatic carbocycles. The topological polar surface area (TPSA) is 83.1 Å². The fraction of sp³-hybridized carbons (Fsp3) is 0.304. The summed E-state index contributed by atoms with van der Waals surface area (Å²) in [5.41, 5.74) is 1.64. The van der Waals surface area contributed by atoms with Gasteiger partial charge in [-0.2, -0.15) is 5.10 Å². The maximum atomic E-state index is 13.2. The van der Waals surface area contributed by atoms with E-state index in [1.54, 1.807) is 48.5 Å². The molecule has 2 unspecified atom stereocenters. The number of piperidine rings is 1. The summed E-state index contributed by atoms with van der Waals surface area (Å²) in [6.45, 7) is 0. The molecule has 8 heteroatoms. The van der Waals surface area contributed by atoms with E-state index in [1.807, 2.05) is 4.90 Å².